The van der Waals surface area contributed by atoms with Crippen molar-refractivity contribution in [3.05, 3.63) is 64.9 Å². The van der Waals surface area contributed by atoms with E-state index in [9.17, 15) is 22.4 Å². The lowest BCUT2D eigenvalue weighted by molar-refractivity contribution is -0.140. The van der Waals surface area contributed by atoms with E-state index in [2.05, 4.69) is 5.32 Å². The summed E-state index contributed by atoms with van der Waals surface area (Å²) < 4.78 is 39.5. The molecule has 0 spiro atoms. The first-order chi connectivity index (χ1) is 16.0. The minimum absolute atomic E-state index is 0.0126. The highest BCUT2D eigenvalue weighted by Gasteiger charge is 2.32. The van der Waals surface area contributed by atoms with Crippen LogP contribution in [0.15, 0.2) is 48.5 Å². The van der Waals surface area contributed by atoms with E-state index in [4.69, 9.17) is 11.6 Å². The molecule has 7 nitrogen and oxygen atoms in total. The van der Waals surface area contributed by atoms with Crippen molar-refractivity contribution < 1.29 is 22.4 Å². The standard InChI is InChI=1S/C24H31ClFN3O4S/c1-5-17(3)27-24(31)22(6-2)28(15-18-10-12-20(26)13-11-18)23(30)16-29(34(4,32)33)21-9-7-8-19(25)14-21/h7-14,17,22H,5-6,15-16H2,1-4H3,(H,27,31)/t17-,22+/m1/s1. The van der Waals surface area contributed by atoms with Crippen LogP contribution in [0.4, 0.5) is 10.1 Å². The van der Waals surface area contributed by atoms with Gasteiger partial charge in [0.1, 0.15) is 18.4 Å². The van der Waals surface area contributed by atoms with E-state index >= 15 is 0 Å². The number of hydrogen-bond acceptors (Lipinski definition) is 4. The van der Waals surface area contributed by atoms with E-state index in [0.717, 1.165) is 10.6 Å². The van der Waals surface area contributed by atoms with Crippen molar-refractivity contribution in [1.82, 2.24) is 10.2 Å². The van der Waals surface area contributed by atoms with E-state index in [1.54, 1.807) is 19.1 Å². The van der Waals surface area contributed by atoms with Crippen molar-refractivity contribution in [1.29, 1.82) is 0 Å². The monoisotopic (exact) mass is 511 g/mol. The van der Waals surface area contributed by atoms with Crippen molar-refractivity contribution >= 4 is 39.1 Å². The van der Waals surface area contributed by atoms with Crippen LogP contribution in [0, 0.1) is 5.82 Å². The third-order valence-electron chi connectivity index (χ3n) is 5.43. The Morgan fingerprint density at radius 3 is 2.26 bits per heavy atom. The molecule has 2 rings (SSSR count). The Labute approximate surface area is 205 Å². The largest absolute Gasteiger partial charge is 0.352 e. The molecule has 2 aromatic carbocycles. The molecule has 1 N–H and O–H groups in total. The zero-order valence-electron chi connectivity index (χ0n) is 19.8. The van der Waals surface area contributed by atoms with Crippen LogP contribution in [-0.4, -0.2) is 50.0 Å². The maximum atomic E-state index is 13.5. The molecule has 2 amide bonds. The Bertz CT molecular complexity index is 1100. The molecule has 186 valence electrons. The van der Waals surface area contributed by atoms with Crippen LogP contribution in [0.5, 0.6) is 0 Å². The smallest absolute Gasteiger partial charge is 0.244 e. The van der Waals surface area contributed by atoms with Gasteiger partial charge in [-0.2, -0.15) is 0 Å². The van der Waals surface area contributed by atoms with Crippen molar-refractivity contribution in [2.45, 2.75) is 52.2 Å². The fraction of sp³-hybridized carbons (Fsp3) is 0.417. The average molecular weight is 512 g/mol. The minimum atomic E-state index is -3.84. The van der Waals surface area contributed by atoms with Crippen LogP contribution < -0.4 is 9.62 Å². The topological polar surface area (TPSA) is 86.8 Å². The zero-order chi connectivity index (χ0) is 25.5. The van der Waals surface area contributed by atoms with Crippen molar-refractivity contribution in [2.75, 3.05) is 17.1 Å². The molecule has 0 aliphatic rings. The Kier molecular flexibility index (Phi) is 9.88. The molecule has 34 heavy (non-hydrogen) atoms. The fourth-order valence-corrected chi connectivity index (χ4v) is 4.42. The van der Waals surface area contributed by atoms with E-state index in [0.29, 0.717) is 23.4 Å². The van der Waals surface area contributed by atoms with Crippen LogP contribution in [0.2, 0.25) is 5.02 Å². The Morgan fingerprint density at radius 1 is 1.09 bits per heavy atom. The van der Waals surface area contributed by atoms with Gasteiger partial charge < -0.3 is 10.2 Å². The van der Waals surface area contributed by atoms with E-state index in [1.165, 1.54) is 41.3 Å². The number of rotatable bonds is 11. The summed E-state index contributed by atoms with van der Waals surface area (Å²) in [5.41, 5.74) is 0.848. The van der Waals surface area contributed by atoms with Crippen molar-refractivity contribution in [3.8, 4) is 0 Å². The molecule has 0 heterocycles. The van der Waals surface area contributed by atoms with Gasteiger partial charge in [0.15, 0.2) is 0 Å². The lowest BCUT2D eigenvalue weighted by Crippen LogP contribution is -2.53. The molecular weight excluding hydrogens is 481 g/mol. The van der Waals surface area contributed by atoms with Gasteiger partial charge in [0.2, 0.25) is 21.8 Å². The summed E-state index contributed by atoms with van der Waals surface area (Å²) in [5, 5.41) is 3.21. The number of amides is 2. The van der Waals surface area contributed by atoms with Crippen LogP contribution in [0.25, 0.3) is 0 Å². The van der Waals surface area contributed by atoms with Crippen LogP contribution >= 0.6 is 11.6 Å². The highest BCUT2D eigenvalue weighted by Crippen LogP contribution is 2.23. The highest BCUT2D eigenvalue weighted by molar-refractivity contribution is 7.92. The van der Waals surface area contributed by atoms with E-state index in [1.807, 2.05) is 13.8 Å². The molecule has 2 atom stereocenters. The second-order valence-electron chi connectivity index (χ2n) is 8.14. The van der Waals surface area contributed by atoms with Gasteiger partial charge in [-0.15, -0.1) is 0 Å². The number of halogens is 2. The summed E-state index contributed by atoms with van der Waals surface area (Å²) in [6, 6.07) is 10.8. The summed E-state index contributed by atoms with van der Waals surface area (Å²) in [5.74, 6) is -1.32. The molecule has 0 bridgehead atoms. The molecule has 0 unspecified atom stereocenters. The average Bonchev–Trinajstić information content (AvgIpc) is 2.77. The second-order valence-corrected chi connectivity index (χ2v) is 10.5. The molecule has 0 radical (unpaired) electrons. The van der Waals surface area contributed by atoms with E-state index in [-0.39, 0.29) is 24.2 Å². The van der Waals surface area contributed by atoms with Crippen LogP contribution in [-0.2, 0) is 26.2 Å². The van der Waals surface area contributed by atoms with Gasteiger partial charge in [-0.1, -0.05) is 43.6 Å². The Balaban J connectivity index is 2.43. The lowest BCUT2D eigenvalue weighted by Gasteiger charge is -2.33. The Hall–Kier alpha value is -2.65. The summed E-state index contributed by atoms with van der Waals surface area (Å²) in [6.07, 6.45) is 2.02. The van der Waals surface area contributed by atoms with Gasteiger partial charge in [0.05, 0.1) is 11.9 Å². The van der Waals surface area contributed by atoms with Gasteiger partial charge in [0.25, 0.3) is 0 Å². The summed E-state index contributed by atoms with van der Waals surface area (Å²) in [4.78, 5) is 27.9. The van der Waals surface area contributed by atoms with Crippen molar-refractivity contribution in [2.24, 2.45) is 0 Å². The molecule has 0 aliphatic heterocycles. The molecule has 0 saturated carbocycles. The third-order valence-corrected chi connectivity index (χ3v) is 6.80. The highest BCUT2D eigenvalue weighted by atomic mass is 35.5. The number of hydrogen-bond donors (Lipinski definition) is 1. The quantitative estimate of drug-likeness (QED) is 0.494. The second kappa shape index (κ2) is 12.2. The van der Waals surface area contributed by atoms with Gasteiger partial charge in [0, 0.05) is 17.6 Å². The Morgan fingerprint density at radius 2 is 1.74 bits per heavy atom. The SMILES string of the molecule is CC[C@@H](C)NC(=O)[C@H](CC)N(Cc1ccc(F)cc1)C(=O)CN(c1cccc(Cl)c1)S(C)(=O)=O. The predicted molar refractivity (Wildman–Crippen MR) is 133 cm³/mol. The number of nitrogens with one attached hydrogen (secondary N) is 1. The van der Waals surface area contributed by atoms with Gasteiger partial charge in [-0.05, 0) is 55.7 Å². The van der Waals surface area contributed by atoms with Gasteiger partial charge >= 0.3 is 0 Å². The summed E-state index contributed by atoms with van der Waals surface area (Å²) in [6.45, 7) is 5.06. The number of benzene rings is 2. The fourth-order valence-electron chi connectivity index (χ4n) is 3.39. The first-order valence-corrected chi connectivity index (χ1v) is 13.3. The van der Waals surface area contributed by atoms with Crippen LogP contribution in [0.1, 0.15) is 39.2 Å². The molecule has 2 aromatic rings. The maximum absolute atomic E-state index is 13.5. The predicted octanol–water partition coefficient (Wildman–Crippen LogP) is 3.97. The van der Waals surface area contributed by atoms with Crippen molar-refractivity contribution in [3.63, 3.8) is 0 Å². The van der Waals surface area contributed by atoms with Gasteiger partial charge in [-0.3, -0.25) is 13.9 Å². The molecule has 10 heteroatoms. The molecule has 0 saturated heterocycles. The lowest BCUT2D eigenvalue weighted by atomic mass is 10.1. The third kappa shape index (κ3) is 7.70. The number of carbonyl (C=O) groups excluding carboxylic acids is 2. The number of nitrogens with zero attached hydrogens (tertiary/aromatic N) is 2. The number of sulfonamides is 1. The van der Waals surface area contributed by atoms with E-state index < -0.39 is 34.3 Å². The maximum Gasteiger partial charge on any atom is 0.244 e. The normalized spacial score (nSPS) is 13.1. The summed E-state index contributed by atoms with van der Waals surface area (Å²) in [7, 11) is -3.84. The van der Waals surface area contributed by atoms with Crippen LogP contribution in [0.3, 0.4) is 0 Å². The first-order valence-electron chi connectivity index (χ1n) is 11.0. The first kappa shape index (κ1) is 27.6. The summed E-state index contributed by atoms with van der Waals surface area (Å²) >= 11 is 6.03. The number of carbonyl (C=O) groups is 2. The molecule has 0 aromatic heterocycles. The molecule has 0 aliphatic carbocycles. The molecular formula is C24H31ClFN3O4S. The number of anilines is 1. The molecule has 0 fully saturated rings. The minimum Gasteiger partial charge on any atom is -0.352 e. The van der Waals surface area contributed by atoms with Gasteiger partial charge in [-0.25, -0.2) is 12.8 Å². The zero-order valence-corrected chi connectivity index (χ0v) is 21.4.